The van der Waals surface area contributed by atoms with Crippen LogP contribution in [0, 0.1) is 0 Å². The summed E-state index contributed by atoms with van der Waals surface area (Å²) < 4.78 is 4.91. The monoisotopic (exact) mass is 303 g/mol. The first-order valence-electron chi connectivity index (χ1n) is 7.54. The lowest BCUT2D eigenvalue weighted by molar-refractivity contribution is -0.117. The minimum absolute atomic E-state index is 0.0100. The number of carbonyl (C=O) groups excluding carboxylic acids is 2. The molecule has 0 saturated carbocycles. The van der Waals surface area contributed by atoms with Crippen molar-refractivity contribution in [3.05, 3.63) is 29.3 Å². The second kappa shape index (κ2) is 5.96. The fraction of sp³-hybridized carbons (Fsp3) is 0.500. The van der Waals surface area contributed by atoms with Crippen LogP contribution >= 0.6 is 0 Å². The van der Waals surface area contributed by atoms with Crippen LogP contribution < -0.4 is 10.6 Å². The quantitative estimate of drug-likeness (QED) is 0.861. The van der Waals surface area contributed by atoms with Gasteiger partial charge in [0, 0.05) is 5.69 Å². The number of anilines is 1. The third kappa shape index (κ3) is 3.06. The minimum atomic E-state index is -0.355. The van der Waals surface area contributed by atoms with Gasteiger partial charge in [0.05, 0.1) is 12.0 Å². The number of hydrogen-bond donors (Lipinski definition) is 2. The zero-order valence-electron chi connectivity index (χ0n) is 12.9. The molecule has 1 saturated heterocycles. The lowest BCUT2D eigenvalue weighted by Crippen LogP contribution is -2.28. The Kier molecular flexibility index (Phi) is 4.02. The second-order valence-electron chi connectivity index (χ2n) is 6.20. The molecule has 0 bridgehead atoms. The molecule has 1 fully saturated rings. The highest BCUT2D eigenvalue weighted by molar-refractivity contribution is 6.02. The van der Waals surface area contributed by atoms with Crippen LogP contribution in [0.4, 0.5) is 10.5 Å². The highest BCUT2D eigenvalue weighted by Crippen LogP contribution is 2.35. The van der Waals surface area contributed by atoms with E-state index in [1.54, 1.807) is 0 Å². The molecule has 22 heavy (non-hydrogen) atoms. The first-order chi connectivity index (χ1) is 10.5. The van der Waals surface area contributed by atoms with Crippen molar-refractivity contribution < 1.29 is 14.3 Å². The van der Waals surface area contributed by atoms with Gasteiger partial charge in [-0.2, -0.15) is 0 Å². The molecule has 3 rings (SSSR count). The Labute approximate surface area is 129 Å². The molecule has 0 spiro atoms. The number of rotatable bonds is 5. The first-order valence-corrected chi connectivity index (χ1v) is 7.54. The van der Waals surface area contributed by atoms with Crippen molar-refractivity contribution in [2.45, 2.75) is 24.8 Å². The van der Waals surface area contributed by atoms with Crippen molar-refractivity contribution in [3.63, 3.8) is 0 Å². The summed E-state index contributed by atoms with van der Waals surface area (Å²) in [5.74, 6) is -0.0155. The molecule has 2 aliphatic rings. The Bertz CT molecular complexity index is 600. The zero-order chi connectivity index (χ0) is 15.7. The summed E-state index contributed by atoms with van der Waals surface area (Å²) in [6.45, 7) is 1.27. The van der Waals surface area contributed by atoms with Crippen molar-refractivity contribution in [3.8, 4) is 0 Å². The molecule has 1 aromatic carbocycles. The number of nitrogens with zero attached hydrogens (tertiary/aromatic N) is 1. The standard InChI is InChI=1S/C16H21N3O3/c1-19(2)6-5-12-13-8-10(3-4-14(13)18-15(12)20)7-11-9-22-16(21)17-11/h3-4,8,11-12H,5-7,9H2,1-2H3,(H,17,21)(H,18,20)/t11-,12?/m0/s1. The van der Waals surface area contributed by atoms with E-state index < -0.39 is 0 Å². The SMILES string of the molecule is CN(C)CCC1C(=O)Nc2ccc(C[C@H]3COC(=O)N3)cc21. The van der Waals surface area contributed by atoms with Gasteiger partial charge >= 0.3 is 6.09 Å². The second-order valence-corrected chi connectivity index (χ2v) is 6.20. The van der Waals surface area contributed by atoms with Crippen LogP contribution in [0.2, 0.25) is 0 Å². The van der Waals surface area contributed by atoms with Crippen molar-refractivity contribution in [2.24, 2.45) is 0 Å². The summed E-state index contributed by atoms with van der Waals surface area (Å²) >= 11 is 0. The van der Waals surface area contributed by atoms with Crippen LogP contribution in [0.3, 0.4) is 0 Å². The molecular weight excluding hydrogens is 282 g/mol. The number of fused-ring (bicyclic) bond motifs is 1. The number of nitrogens with one attached hydrogen (secondary N) is 2. The van der Waals surface area contributed by atoms with Crippen molar-refractivity contribution >= 4 is 17.7 Å². The maximum atomic E-state index is 12.1. The van der Waals surface area contributed by atoms with Crippen LogP contribution in [0.25, 0.3) is 0 Å². The molecule has 0 radical (unpaired) electrons. The Morgan fingerprint density at radius 1 is 1.32 bits per heavy atom. The van der Waals surface area contributed by atoms with Gasteiger partial charge in [-0.05, 0) is 50.7 Å². The topological polar surface area (TPSA) is 70.7 Å². The molecule has 2 N–H and O–H groups in total. The first kappa shape index (κ1) is 14.8. The summed E-state index contributed by atoms with van der Waals surface area (Å²) in [6.07, 6.45) is 1.17. The molecule has 0 aliphatic carbocycles. The molecule has 1 unspecified atom stereocenters. The van der Waals surface area contributed by atoms with Gasteiger partial charge in [0.15, 0.2) is 0 Å². The fourth-order valence-corrected chi connectivity index (χ4v) is 3.00. The molecule has 2 aliphatic heterocycles. The predicted molar refractivity (Wildman–Crippen MR) is 83.0 cm³/mol. The summed E-state index contributed by atoms with van der Waals surface area (Å²) in [7, 11) is 4.01. The van der Waals surface area contributed by atoms with Crippen LogP contribution in [0.15, 0.2) is 18.2 Å². The number of amides is 2. The van der Waals surface area contributed by atoms with Crippen molar-refractivity contribution in [2.75, 3.05) is 32.6 Å². The van der Waals surface area contributed by atoms with E-state index in [9.17, 15) is 9.59 Å². The fourth-order valence-electron chi connectivity index (χ4n) is 3.00. The van der Waals surface area contributed by atoms with Gasteiger partial charge in [-0.3, -0.25) is 4.79 Å². The lowest BCUT2D eigenvalue weighted by Gasteiger charge is -2.14. The van der Waals surface area contributed by atoms with Crippen LogP contribution in [0.1, 0.15) is 23.5 Å². The summed E-state index contributed by atoms with van der Waals surface area (Å²) in [4.78, 5) is 25.3. The number of benzene rings is 1. The van der Waals surface area contributed by atoms with E-state index in [1.807, 2.05) is 26.2 Å². The van der Waals surface area contributed by atoms with Crippen LogP contribution in [0.5, 0.6) is 0 Å². The Hall–Kier alpha value is -2.08. The van der Waals surface area contributed by atoms with E-state index in [0.717, 1.165) is 29.8 Å². The average molecular weight is 303 g/mol. The van der Waals surface area contributed by atoms with Crippen LogP contribution in [-0.4, -0.2) is 50.2 Å². The van der Waals surface area contributed by atoms with E-state index in [0.29, 0.717) is 13.0 Å². The van der Waals surface area contributed by atoms with Crippen molar-refractivity contribution in [1.82, 2.24) is 10.2 Å². The summed E-state index contributed by atoms with van der Waals surface area (Å²) in [5, 5.41) is 5.73. The number of ether oxygens (including phenoxy) is 1. The molecule has 0 aromatic heterocycles. The van der Waals surface area contributed by atoms with E-state index in [1.165, 1.54) is 0 Å². The Morgan fingerprint density at radius 2 is 2.14 bits per heavy atom. The number of carbonyl (C=O) groups is 2. The normalized spacial score (nSPS) is 23.2. The lowest BCUT2D eigenvalue weighted by atomic mass is 9.94. The van der Waals surface area contributed by atoms with Gasteiger partial charge in [-0.1, -0.05) is 12.1 Å². The molecule has 2 atom stereocenters. The van der Waals surface area contributed by atoms with E-state index >= 15 is 0 Å². The minimum Gasteiger partial charge on any atom is -0.447 e. The zero-order valence-corrected chi connectivity index (χ0v) is 12.9. The molecular formula is C16H21N3O3. The number of alkyl carbamates (subject to hydrolysis) is 1. The van der Waals surface area contributed by atoms with Gasteiger partial charge in [0.2, 0.25) is 5.91 Å². The molecule has 118 valence electrons. The van der Waals surface area contributed by atoms with Crippen LogP contribution in [-0.2, 0) is 16.0 Å². The van der Waals surface area contributed by atoms with Gasteiger partial charge < -0.3 is 20.3 Å². The third-order valence-corrected chi connectivity index (χ3v) is 4.15. The Balaban J connectivity index is 1.74. The average Bonchev–Trinajstić information content (AvgIpc) is 2.99. The highest BCUT2D eigenvalue weighted by Gasteiger charge is 2.31. The molecule has 6 nitrogen and oxygen atoms in total. The number of hydrogen-bond acceptors (Lipinski definition) is 4. The van der Waals surface area contributed by atoms with Gasteiger partial charge in [0.25, 0.3) is 0 Å². The largest absolute Gasteiger partial charge is 0.447 e. The molecule has 1 aromatic rings. The smallest absolute Gasteiger partial charge is 0.407 e. The van der Waals surface area contributed by atoms with Gasteiger partial charge in [-0.25, -0.2) is 4.79 Å². The summed E-state index contributed by atoms with van der Waals surface area (Å²) in [6, 6.07) is 6.04. The van der Waals surface area contributed by atoms with Crippen molar-refractivity contribution in [1.29, 1.82) is 0 Å². The predicted octanol–water partition coefficient (Wildman–Crippen LogP) is 1.32. The molecule has 2 amide bonds. The van der Waals surface area contributed by atoms with E-state index in [2.05, 4.69) is 21.6 Å². The third-order valence-electron chi connectivity index (χ3n) is 4.15. The maximum absolute atomic E-state index is 12.1. The van der Waals surface area contributed by atoms with Gasteiger partial charge in [-0.15, -0.1) is 0 Å². The number of cyclic esters (lactones) is 1. The van der Waals surface area contributed by atoms with Gasteiger partial charge in [0.1, 0.15) is 6.61 Å². The Morgan fingerprint density at radius 3 is 2.82 bits per heavy atom. The highest BCUT2D eigenvalue weighted by atomic mass is 16.6. The molecule has 2 heterocycles. The maximum Gasteiger partial charge on any atom is 0.407 e. The summed E-state index contributed by atoms with van der Waals surface area (Å²) in [5.41, 5.74) is 3.08. The van der Waals surface area contributed by atoms with E-state index in [-0.39, 0.29) is 24.0 Å². The van der Waals surface area contributed by atoms with E-state index in [4.69, 9.17) is 4.74 Å². The molecule has 6 heteroatoms.